The van der Waals surface area contributed by atoms with Gasteiger partial charge in [-0.05, 0) is 52.7 Å². The van der Waals surface area contributed by atoms with Gasteiger partial charge >= 0.3 is 5.97 Å². The molecule has 3 aromatic rings. The fraction of sp³-hybridized carbons (Fsp3) is 0.200. The highest BCUT2D eigenvalue weighted by atomic mass is 79.9. The second kappa shape index (κ2) is 8.19. The third kappa shape index (κ3) is 3.96. The van der Waals surface area contributed by atoms with Crippen molar-refractivity contribution in [2.24, 2.45) is 0 Å². The summed E-state index contributed by atoms with van der Waals surface area (Å²) >= 11 is 3.35. The topological polar surface area (TPSA) is 68.7 Å². The van der Waals surface area contributed by atoms with Crippen LogP contribution >= 0.6 is 15.9 Å². The number of ether oxygens (including phenoxy) is 2. The van der Waals surface area contributed by atoms with E-state index in [1.54, 1.807) is 18.2 Å². The van der Waals surface area contributed by atoms with Crippen LogP contribution in [0.15, 0.2) is 53.1 Å². The Kier molecular flexibility index (Phi) is 5.73. The number of hydrogen-bond acceptors (Lipinski definition) is 5. The third-order valence-electron chi connectivity index (χ3n) is 3.81. The van der Waals surface area contributed by atoms with E-state index in [9.17, 15) is 9.90 Å². The molecule has 0 aliphatic carbocycles. The Morgan fingerprint density at radius 2 is 1.88 bits per heavy atom. The molecule has 0 atom stereocenters. The summed E-state index contributed by atoms with van der Waals surface area (Å²) in [6.07, 6.45) is 1.67. The maximum atomic E-state index is 12.2. The summed E-state index contributed by atoms with van der Waals surface area (Å²) in [5.41, 5.74) is -0.114. The standard InChI is InChI=1S/C20H18BrNO4/c1-2-3-11-25-20(24)17-18(23)16-12-14(9-10-15(16)19(21)22-17)26-13-7-5-4-6-8-13/h4-10,12,23H,2-3,11H2,1H3. The van der Waals surface area contributed by atoms with E-state index in [0.717, 1.165) is 12.8 Å². The number of aromatic hydroxyl groups is 1. The number of rotatable bonds is 6. The molecule has 0 saturated heterocycles. The van der Waals surface area contributed by atoms with E-state index in [1.807, 2.05) is 37.3 Å². The third-order valence-corrected chi connectivity index (χ3v) is 4.41. The number of nitrogens with zero attached hydrogens (tertiary/aromatic N) is 1. The highest BCUT2D eigenvalue weighted by molar-refractivity contribution is 9.10. The number of halogens is 1. The molecule has 6 heteroatoms. The fourth-order valence-electron chi connectivity index (χ4n) is 2.45. The van der Waals surface area contributed by atoms with Gasteiger partial charge in [0.2, 0.25) is 0 Å². The summed E-state index contributed by atoms with van der Waals surface area (Å²) in [7, 11) is 0. The number of unbranched alkanes of at least 4 members (excludes halogenated alkanes) is 1. The van der Waals surface area contributed by atoms with Crippen LogP contribution in [0.4, 0.5) is 0 Å². The zero-order valence-electron chi connectivity index (χ0n) is 14.2. The second-order valence-electron chi connectivity index (χ2n) is 5.71. The molecule has 0 aliphatic rings. The molecule has 0 bridgehead atoms. The van der Waals surface area contributed by atoms with Crippen LogP contribution in [0, 0.1) is 0 Å². The smallest absolute Gasteiger partial charge is 0.360 e. The van der Waals surface area contributed by atoms with Crippen LogP contribution in [0.2, 0.25) is 0 Å². The Morgan fingerprint density at radius 1 is 1.12 bits per heavy atom. The highest BCUT2D eigenvalue weighted by Gasteiger charge is 2.20. The van der Waals surface area contributed by atoms with Crippen LogP contribution in [-0.2, 0) is 4.74 Å². The van der Waals surface area contributed by atoms with Gasteiger partial charge in [0.25, 0.3) is 0 Å². The molecule has 134 valence electrons. The van der Waals surface area contributed by atoms with Gasteiger partial charge in [0.1, 0.15) is 16.1 Å². The summed E-state index contributed by atoms with van der Waals surface area (Å²) in [6, 6.07) is 14.5. The van der Waals surface area contributed by atoms with E-state index in [2.05, 4.69) is 20.9 Å². The second-order valence-corrected chi connectivity index (χ2v) is 6.46. The number of pyridine rings is 1. The molecular weight excluding hydrogens is 398 g/mol. The zero-order chi connectivity index (χ0) is 18.5. The van der Waals surface area contributed by atoms with Crippen molar-refractivity contribution in [2.45, 2.75) is 19.8 Å². The molecule has 0 amide bonds. The molecule has 3 rings (SSSR count). The Hall–Kier alpha value is -2.60. The van der Waals surface area contributed by atoms with Gasteiger partial charge in [-0.3, -0.25) is 0 Å². The quantitative estimate of drug-likeness (QED) is 0.329. The Labute approximate surface area is 159 Å². The van der Waals surface area contributed by atoms with Gasteiger partial charge in [-0.1, -0.05) is 31.5 Å². The van der Waals surface area contributed by atoms with Gasteiger partial charge in [-0.15, -0.1) is 0 Å². The van der Waals surface area contributed by atoms with Crippen LogP contribution in [0.5, 0.6) is 17.2 Å². The Morgan fingerprint density at radius 3 is 2.62 bits per heavy atom. The van der Waals surface area contributed by atoms with Crippen LogP contribution in [0.1, 0.15) is 30.3 Å². The van der Waals surface area contributed by atoms with E-state index >= 15 is 0 Å². The molecule has 0 saturated carbocycles. The number of hydrogen-bond donors (Lipinski definition) is 1. The van der Waals surface area contributed by atoms with Crippen molar-refractivity contribution in [1.29, 1.82) is 0 Å². The van der Waals surface area contributed by atoms with Crippen LogP contribution in [-0.4, -0.2) is 22.7 Å². The molecule has 1 aromatic heterocycles. The lowest BCUT2D eigenvalue weighted by Gasteiger charge is -2.11. The predicted molar refractivity (Wildman–Crippen MR) is 103 cm³/mol. The number of fused-ring (bicyclic) bond motifs is 1. The first-order valence-electron chi connectivity index (χ1n) is 8.32. The van der Waals surface area contributed by atoms with Crippen molar-refractivity contribution in [3.05, 3.63) is 58.8 Å². The van der Waals surface area contributed by atoms with Gasteiger partial charge in [-0.25, -0.2) is 9.78 Å². The minimum absolute atomic E-state index is 0.114. The van der Waals surface area contributed by atoms with Gasteiger partial charge < -0.3 is 14.6 Å². The van der Waals surface area contributed by atoms with Crippen molar-refractivity contribution in [1.82, 2.24) is 4.98 Å². The summed E-state index contributed by atoms with van der Waals surface area (Å²) in [5, 5.41) is 11.7. The molecule has 1 heterocycles. The first-order chi connectivity index (χ1) is 12.6. The number of benzene rings is 2. The Bertz CT molecular complexity index is 928. The predicted octanol–water partition coefficient (Wildman–Crippen LogP) is 5.45. The van der Waals surface area contributed by atoms with E-state index in [4.69, 9.17) is 9.47 Å². The molecule has 1 N–H and O–H groups in total. The van der Waals surface area contributed by atoms with E-state index in [1.165, 1.54) is 0 Å². The summed E-state index contributed by atoms with van der Waals surface area (Å²) in [5.74, 6) is 0.359. The highest BCUT2D eigenvalue weighted by Crippen LogP contribution is 2.36. The number of carbonyl (C=O) groups is 1. The normalized spacial score (nSPS) is 10.7. The van der Waals surface area contributed by atoms with Crippen LogP contribution in [0.25, 0.3) is 10.8 Å². The van der Waals surface area contributed by atoms with E-state index in [0.29, 0.717) is 33.5 Å². The Balaban J connectivity index is 1.96. The van der Waals surface area contributed by atoms with Gasteiger partial charge in [-0.2, -0.15) is 0 Å². The first-order valence-corrected chi connectivity index (χ1v) is 9.11. The molecule has 26 heavy (non-hydrogen) atoms. The maximum absolute atomic E-state index is 12.2. The number of para-hydroxylation sites is 1. The number of aromatic nitrogens is 1. The monoisotopic (exact) mass is 415 g/mol. The molecule has 0 radical (unpaired) electrons. The average molecular weight is 416 g/mol. The largest absolute Gasteiger partial charge is 0.505 e. The summed E-state index contributed by atoms with van der Waals surface area (Å²) < 4.78 is 11.4. The molecule has 0 unspecified atom stereocenters. The van der Waals surface area contributed by atoms with Crippen LogP contribution < -0.4 is 4.74 Å². The minimum atomic E-state index is -0.645. The molecular formula is C20H18BrNO4. The van der Waals surface area contributed by atoms with Gasteiger partial charge in [0, 0.05) is 10.8 Å². The molecule has 0 spiro atoms. The molecule has 0 aliphatic heterocycles. The van der Waals surface area contributed by atoms with Crippen molar-refractivity contribution in [2.75, 3.05) is 6.61 Å². The lowest BCUT2D eigenvalue weighted by Crippen LogP contribution is -2.09. The minimum Gasteiger partial charge on any atom is -0.505 e. The SMILES string of the molecule is CCCCOC(=O)c1nc(Br)c2ccc(Oc3ccccc3)cc2c1O. The van der Waals surface area contributed by atoms with Crippen molar-refractivity contribution in [3.63, 3.8) is 0 Å². The summed E-state index contributed by atoms with van der Waals surface area (Å²) in [4.78, 5) is 16.4. The summed E-state index contributed by atoms with van der Waals surface area (Å²) in [6.45, 7) is 2.30. The number of esters is 1. The van der Waals surface area contributed by atoms with Crippen molar-refractivity contribution >= 4 is 32.7 Å². The van der Waals surface area contributed by atoms with Crippen molar-refractivity contribution in [3.8, 4) is 17.2 Å². The lowest BCUT2D eigenvalue weighted by atomic mass is 10.1. The van der Waals surface area contributed by atoms with Crippen molar-refractivity contribution < 1.29 is 19.4 Å². The van der Waals surface area contributed by atoms with E-state index in [-0.39, 0.29) is 11.4 Å². The maximum Gasteiger partial charge on any atom is 0.360 e. The van der Waals surface area contributed by atoms with Crippen LogP contribution in [0.3, 0.4) is 0 Å². The van der Waals surface area contributed by atoms with Gasteiger partial charge in [0.15, 0.2) is 11.4 Å². The van der Waals surface area contributed by atoms with E-state index < -0.39 is 5.97 Å². The fourth-order valence-corrected chi connectivity index (χ4v) is 2.97. The zero-order valence-corrected chi connectivity index (χ0v) is 15.8. The average Bonchev–Trinajstić information content (AvgIpc) is 2.65. The lowest BCUT2D eigenvalue weighted by molar-refractivity contribution is 0.0489. The molecule has 0 fully saturated rings. The first kappa shape index (κ1) is 18.2. The molecule has 2 aromatic carbocycles. The molecule has 5 nitrogen and oxygen atoms in total. The number of carbonyl (C=O) groups excluding carboxylic acids is 1. The van der Waals surface area contributed by atoms with Gasteiger partial charge in [0.05, 0.1) is 6.61 Å².